The molecule has 19 heavy (non-hydrogen) atoms. The fourth-order valence-corrected chi connectivity index (χ4v) is 2.29. The van der Waals surface area contributed by atoms with Crippen LogP contribution in [0, 0.1) is 11.7 Å². The smallest absolute Gasteiger partial charge is 0.131 e. The molecule has 0 radical (unpaired) electrons. The predicted octanol–water partition coefficient (Wildman–Crippen LogP) is 4.31. The molecular weight excluding hydrogens is 241 g/mol. The van der Waals surface area contributed by atoms with Gasteiger partial charge in [0, 0.05) is 17.6 Å². The van der Waals surface area contributed by atoms with E-state index in [2.05, 4.69) is 26.1 Å². The highest BCUT2D eigenvalue weighted by molar-refractivity contribution is 5.36. The van der Waals surface area contributed by atoms with Gasteiger partial charge in [-0.2, -0.15) is 0 Å². The zero-order chi connectivity index (χ0) is 14.4. The highest BCUT2D eigenvalue weighted by atomic mass is 19.1. The first kappa shape index (κ1) is 16.0. The summed E-state index contributed by atoms with van der Waals surface area (Å²) in [6, 6.07) is 5.26. The van der Waals surface area contributed by atoms with E-state index < -0.39 is 0 Å². The maximum Gasteiger partial charge on any atom is 0.131 e. The topological polar surface area (TPSA) is 21.3 Å². The average molecular weight is 267 g/mol. The van der Waals surface area contributed by atoms with Crippen molar-refractivity contribution >= 4 is 0 Å². The number of benzene rings is 1. The highest BCUT2D eigenvalue weighted by Gasteiger charge is 2.18. The van der Waals surface area contributed by atoms with E-state index in [1.807, 2.05) is 6.92 Å². The van der Waals surface area contributed by atoms with Crippen LogP contribution in [0.1, 0.15) is 52.1 Å². The molecule has 0 aliphatic carbocycles. The minimum Gasteiger partial charge on any atom is -0.496 e. The molecule has 1 rings (SSSR count). The summed E-state index contributed by atoms with van der Waals surface area (Å²) in [5, 5.41) is 3.45. The Kier molecular flexibility index (Phi) is 6.29. The van der Waals surface area contributed by atoms with Crippen LogP contribution in [-0.4, -0.2) is 13.2 Å². The van der Waals surface area contributed by atoms with Gasteiger partial charge in [-0.05, 0) is 44.7 Å². The maximum absolute atomic E-state index is 13.9. The first-order valence-electron chi connectivity index (χ1n) is 7.04. The van der Waals surface area contributed by atoms with Gasteiger partial charge >= 0.3 is 0 Å². The van der Waals surface area contributed by atoms with Gasteiger partial charge in [0.25, 0.3) is 0 Å². The lowest BCUT2D eigenvalue weighted by Gasteiger charge is -2.23. The summed E-state index contributed by atoms with van der Waals surface area (Å²) in [5.41, 5.74) is 0.612. The minimum atomic E-state index is -0.213. The van der Waals surface area contributed by atoms with E-state index in [1.165, 1.54) is 12.5 Å². The zero-order valence-corrected chi connectivity index (χ0v) is 12.7. The molecule has 0 heterocycles. The van der Waals surface area contributed by atoms with Crippen LogP contribution in [0.5, 0.6) is 5.75 Å². The molecule has 0 saturated carbocycles. The van der Waals surface area contributed by atoms with Crippen molar-refractivity contribution in [2.75, 3.05) is 7.11 Å². The summed E-state index contributed by atoms with van der Waals surface area (Å²) in [6.07, 6.45) is 2.27. The van der Waals surface area contributed by atoms with Crippen LogP contribution in [0.2, 0.25) is 0 Å². The summed E-state index contributed by atoms with van der Waals surface area (Å²) in [6.45, 7) is 8.56. The van der Waals surface area contributed by atoms with Crippen LogP contribution in [0.3, 0.4) is 0 Å². The molecular formula is C16H26FNO. The van der Waals surface area contributed by atoms with Crippen LogP contribution in [0.25, 0.3) is 0 Å². The number of halogens is 1. The third-order valence-corrected chi connectivity index (χ3v) is 3.38. The monoisotopic (exact) mass is 267 g/mol. The third-order valence-electron chi connectivity index (χ3n) is 3.38. The van der Waals surface area contributed by atoms with Gasteiger partial charge in [0.2, 0.25) is 0 Å². The number of rotatable bonds is 7. The highest BCUT2D eigenvalue weighted by Crippen LogP contribution is 2.28. The summed E-state index contributed by atoms with van der Waals surface area (Å²) < 4.78 is 19.2. The summed E-state index contributed by atoms with van der Waals surface area (Å²) in [5.74, 6) is 1.09. The Morgan fingerprint density at radius 1 is 1.16 bits per heavy atom. The van der Waals surface area contributed by atoms with Gasteiger partial charge in [0.05, 0.1) is 7.11 Å². The Morgan fingerprint density at radius 3 is 2.42 bits per heavy atom. The lowest BCUT2D eigenvalue weighted by molar-refractivity contribution is 0.375. The van der Waals surface area contributed by atoms with Crippen molar-refractivity contribution in [1.82, 2.24) is 5.32 Å². The standard InChI is InChI=1S/C16H26FNO/c1-11(2)9-10-12(3)18-13(4)16-14(17)7-6-8-15(16)19-5/h6-8,11-13,18H,9-10H2,1-5H3. The summed E-state index contributed by atoms with van der Waals surface area (Å²) in [7, 11) is 1.58. The normalized spacial score (nSPS) is 14.5. The quantitative estimate of drug-likeness (QED) is 0.795. The fraction of sp³-hybridized carbons (Fsp3) is 0.625. The van der Waals surface area contributed by atoms with Crippen molar-refractivity contribution in [1.29, 1.82) is 0 Å². The van der Waals surface area contributed by atoms with Crippen molar-refractivity contribution in [3.63, 3.8) is 0 Å². The van der Waals surface area contributed by atoms with Crippen LogP contribution < -0.4 is 10.1 Å². The molecule has 108 valence electrons. The lowest BCUT2D eigenvalue weighted by Crippen LogP contribution is -2.30. The molecule has 3 heteroatoms. The molecule has 0 fully saturated rings. The van der Waals surface area contributed by atoms with Crippen molar-refractivity contribution in [3.05, 3.63) is 29.6 Å². The van der Waals surface area contributed by atoms with E-state index in [0.717, 1.165) is 6.42 Å². The van der Waals surface area contributed by atoms with Crippen LogP contribution in [0.4, 0.5) is 4.39 Å². The molecule has 2 nitrogen and oxygen atoms in total. The van der Waals surface area contributed by atoms with E-state index in [9.17, 15) is 4.39 Å². The average Bonchev–Trinajstić information content (AvgIpc) is 2.35. The van der Waals surface area contributed by atoms with E-state index in [-0.39, 0.29) is 11.9 Å². The van der Waals surface area contributed by atoms with Gasteiger partial charge in [-0.25, -0.2) is 4.39 Å². The van der Waals surface area contributed by atoms with Gasteiger partial charge in [0.15, 0.2) is 0 Å². The number of hydrogen-bond donors (Lipinski definition) is 1. The number of methoxy groups -OCH3 is 1. The van der Waals surface area contributed by atoms with E-state index in [1.54, 1.807) is 19.2 Å². The molecule has 2 unspecified atom stereocenters. The molecule has 1 N–H and O–H groups in total. The summed E-state index contributed by atoms with van der Waals surface area (Å²) in [4.78, 5) is 0. The molecule has 0 aliphatic rings. The first-order valence-corrected chi connectivity index (χ1v) is 7.04. The van der Waals surface area contributed by atoms with Crippen LogP contribution in [-0.2, 0) is 0 Å². The molecule has 2 atom stereocenters. The Labute approximate surface area is 116 Å². The second-order valence-electron chi connectivity index (χ2n) is 5.62. The van der Waals surface area contributed by atoms with Gasteiger partial charge in [0.1, 0.15) is 11.6 Å². The summed E-state index contributed by atoms with van der Waals surface area (Å²) >= 11 is 0. The predicted molar refractivity (Wildman–Crippen MR) is 78.0 cm³/mol. The van der Waals surface area contributed by atoms with E-state index in [0.29, 0.717) is 23.3 Å². The second kappa shape index (κ2) is 7.49. The van der Waals surface area contributed by atoms with Crippen molar-refractivity contribution < 1.29 is 9.13 Å². The van der Waals surface area contributed by atoms with Crippen molar-refractivity contribution in [2.45, 2.75) is 52.6 Å². The number of hydrogen-bond acceptors (Lipinski definition) is 2. The van der Waals surface area contributed by atoms with Gasteiger partial charge in [-0.15, -0.1) is 0 Å². The number of ether oxygens (including phenoxy) is 1. The van der Waals surface area contributed by atoms with Gasteiger partial charge in [-0.3, -0.25) is 0 Å². The number of nitrogens with one attached hydrogen (secondary N) is 1. The molecule has 0 aliphatic heterocycles. The van der Waals surface area contributed by atoms with E-state index in [4.69, 9.17) is 4.74 Å². The Morgan fingerprint density at radius 2 is 1.84 bits per heavy atom. The molecule has 0 spiro atoms. The second-order valence-corrected chi connectivity index (χ2v) is 5.62. The maximum atomic E-state index is 13.9. The minimum absolute atomic E-state index is 0.0571. The Hall–Kier alpha value is -1.09. The van der Waals surface area contributed by atoms with Gasteiger partial charge < -0.3 is 10.1 Å². The van der Waals surface area contributed by atoms with Gasteiger partial charge in [-0.1, -0.05) is 19.9 Å². The lowest BCUT2D eigenvalue weighted by atomic mass is 10.0. The SMILES string of the molecule is COc1cccc(F)c1C(C)NC(C)CCC(C)C. The zero-order valence-electron chi connectivity index (χ0n) is 12.7. The van der Waals surface area contributed by atoms with E-state index >= 15 is 0 Å². The van der Waals surface area contributed by atoms with Crippen molar-refractivity contribution in [3.8, 4) is 5.75 Å². The molecule has 0 aromatic heterocycles. The largest absolute Gasteiger partial charge is 0.496 e. The fourth-order valence-electron chi connectivity index (χ4n) is 2.29. The molecule has 0 saturated heterocycles. The molecule has 1 aromatic carbocycles. The third kappa shape index (κ3) is 4.83. The Bertz CT molecular complexity index is 392. The van der Waals surface area contributed by atoms with Crippen LogP contribution >= 0.6 is 0 Å². The molecule has 1 aromatic rings. The Balaban J connectivity index is 2.70. The molecule has 0 bridgehead atoms. The molecule has 0 amide bonds. The van der Waals surface area contributed by atoms with Crippen LogP contribution in [0.15, 0.2) is 18.2 Å². The van der Waals surface area contributed by atoms with Crippen molar-refractivity contribution in [2.24, 2.45) is 5.92 Å². The first-order chi connectivity index (χ1) is 8.95.